The summed E-state index contributed by atoms with van der Waals surface area (Å²) in [6.07, 6.45) is 5.99. The highest BCUT2D eigenvalue weighted by molar-refractivity contribution is 5.99. The second-order valence-electron chi connectivity index (χ2n) is 11.0. The third kappa shape index (κ3) is 4.85. The van der Waals surface area contributed by atoms with Crippen LogP contribution in [0.3, 0.4) is 0 Å². The van der Waals surface area contributed by atoms with Gasteiger partial charge in [0.15, 0.2) is 0 Å². The minimum absolute atomic E-state index is 0.0291. The lowest BCUT2D eigenvalue weighted by Crippen LogP contribution is -2.63. The summed E-state index contributed by atoms with van der Waals surface area (Å²) in [4.78, 5) is 23.5. The number of aliphatic hydroxyl groups excluding tert-OH is 1. The van der Waals surface area contributed by atoms with Gasteiger partial charge in [-0.1, -0.05) is 24.0 Å². The first-order chi connectivity index (χ1) is 18.4. The predicted molar refractivity (Wildman–Crippen MR) is 147 cm³/mol. The summed E-state index contributed by atoms with van der Waals surface area (Å²) >= 11 is 0. The number of aliphatic hydroxyl groups is 1. The van der Waals surface area contributed by atoms with Crippen molar-refractivity contribution in [2.24, 2.45) is 11.8 Å². The van der Waals surface area contributed by atoms with Crippen molar-refractivity contribution in [2.45, 2.75) is 37.8 Å². The Labute approximate surface area is 222 Å². The summed E-state index contributed by atoms with van der Waals surface area (Å²) in [7, 11) is 1.82. The number of carbonyl (C=O) groups excluding carboxylic acids is 1. The maximum absolute atomic E-state index is 12.2. The molecule has 8 nitrogen and oxygen atoms in total. The van der Waals surface area contributed by atoms with Crippen LogP contribution in [0.1, 0.15) is 36.5 Å². The fourth-order valence-corrected chi connectivity index (χ4v) is 5.34. The number of carbonyl (C=O) groups is 1. The highest BCUT2D eigenvalue weighted by Crippen LogP contribution is 2.34. The largest absolute Gasteiger partial charge is 0.389 e. The zero-order chi connectivity index (χ0) is 26.3. The summed E-state index contributed by atoms with van der Waals surface area (Å²) < 4.78 is 5.49. The molecule has 1 aliphatic carbocycles. The molecule has 0 spiro atoms. The average Bonchev–Trinajstić information content (AvgIpc) is 3.70. The molecule has 0 unspecified atom stereocenters. The molecule has 1 saturated carbocycles. The van der Waals surface area contributed by atoms with Gasteiger partial charge in [-0.25, -0.2) is 9.97 Å². The quantitative estimate of drug-likeness (QED) is 0.438. The van der Waals surface area contributed by atoms with Crippen molar-refractivity contribution < 1.29 is 14.6 Å². The molecule has 0 bridgehead atoms. The number of hydrogen-bond donors (Lipinski definition) is 3. The van der Waals surface area contributed by atoms with Gasteiger partial charge in [0, 0.05) is 54.8 Å². The highest BCUT2D eigenvalue weighted by Gasteiger charge is 2.48. The summed E-state index contributed by atoms with van der Waals surface area (Å²) in [5.74, 6) is 8.54. The van der Waals surface area contributed by atoms with Crippen LogP contribution in [0.2, 0.25) is 0 Å². The zero-order valence-corrected chi connectivity index (χ0v) is 21.8. The Morgan fingerprint density at radius 1 is 1.16 bits per heavy atom. The van der Waals surface area contributed by atoms with Crippen LogP contribution in [0, 0.1) is 23.7 Å². The van der Waals surface area contributed by atoms with Gasteiger partial charge in [0.1, 0.15) is 11.6 Å². The number of hydrogen-bond acceptors (Lipinski definition) is 7. The number of fused-ring (bicyclic) bond motifs is 1. The number of nitrogens with one attached hydrogen (secondary N) is 2. The topological polar surface area (TPSA) is 99.6 Å². The summed E-state index contributed by atoms with van der Waals surface area (Å²) in [5, 5.41) is 18.1. The fraction of sp³-hybridized carbons (Fsp3) is 0.433. The van der Waals surface area contributed by atoms with E-state index < -0.39 is 6.10 Å². The van der Waals surface area contributed by atoms with Crippen LogP contribution >= 0.6 is 0 Å². The van der Waals surface area contributed by atoms with Crippen molar-refractivity contribution >= 4 is 28.3 Å². The Balaban J connectivity index is 1.14. The Hall–Kier alpha value is -3.51. The van der Waals surface area contributed by atoms with Crippen molar-refractivity contribution in [1.82, 2.24) is 14.9 Å². The number of benzene rings is 1. The Morgan fingerprint density at radius 3 is 2.63 bits per heavy atom. The van der Waals surface area contributed by atoms with Crippen LogP contribution in [-0.2, 0) is 16.0 Å². The van der Waals surface area contributed by atoms with Crippen molar-refractivity contribution in [2.75, 3.05) is 44.0 Å². The van der Waals surface area contributed by atoms with E-state index in [1.807, 2.05) is 13.1 Å². The van der Waals surface area contributed by atoms with Gasteiger partial charge in [-0.05, 0) is 55.9 Å². The van der Waals surface area contributed by atoms with E-state index in [9.17, 15) is 9.90 Å². The highest BCUT2D eigenvalue weighted by atomic mass is 16.5. The Kier molecular flexibility index (Phi) is 6.52. The number of nitrogens with zero attached hydrogens (tertiary/aromatic N) is 3. The van der Waals surface area contributed by atoms with Crippen molar-refractivity contribution in [3.63, 3.8) is 0 Å². The molecule has 6 rings (SSSR count). The summed E-state index contributed by atoms with van der Waals surface area (Å²) in [5.41, 5.74) is 2.76. The van der Waals surface area contributed by atoms with Crippen LogP contribution in [0.5, 0.6) is 0 Å². The Morgan fingerprint density at radius 2 is 1.95 bits per heavy atom. The zero-order valence-electron chi connectivity index (χ0n) is 21.8. The van der Waals surface area contributed by atoms with E-state index >= 15 is 0 Å². The molecule has 3 N–H and O–H groups in total. The third-order valence-corrected chi connectivity index (χ3v) is 8.10. The molecule has 3 aromatic rings. The molecule has 0 radical (unpaired) electrons. The first kappa shape index (κ1) is 24.8. The smallest absolute Gasteiger partial charge is 0.228 e. The predicted octanol–water partition coefficient (Wildman–Crippen LogP) is 3.04. The number of rotatable bonds is 6. The minimum atomic E-state index is -0.410. The number of anilines is 2. The van der Waals surface area contributed by atoms with Crippen LogP contribution in [0.25, 0.3) is 10.8 Å². The first-order valence-corrected chi connectivity index (χ1v) is 13.3. The van der Waals surface area contributed by atoms with Gasteiger partial charge in [0.2, 0.25) is 5.91 Å². The average molecular weight is 512 g/mol. The van der Waals surface area contributed by atoms with Crippen molar-refractivity contribution in [3.05, 3.63) is 59.4 Å². The van der Waals surface area contributed by atoms with E-state index in [0.717, 1.165) is 60.1 Å². The van der Waals surface area contributed by atoms with Gasteiger partial charge >= 0.3 is 0 Å². The molecule has 38 heavy (non-hydrogen) atoms. The molecule has 2 saturated heterocycles. The molecular weight excluding hydrogens is 478 g/mol. The molecule has 4 heterocycles. The Bertz CT molecular complexity index is 1420. The number of amides is 1. The molecule has 2 aromatic heterocycles. The lowest BCUT2D eigenvalue weighted by molar-refractivity contribution is -0.117. The van der Waals surface area contributed by atoms with E-state index in [1.54, 1.807) is 12.4 Å². The van der Waals surface area contributed by atoms with Crippen molar-refractivity contribution in [3.8, 4) is 11.8 Å². The molecule has 1 amide bonds. The number of likely N-dealkylation sites (tertiary alicyclic amines) is 1. The van der Waals surface area contributed by atoms with E-state index in [0.29, 0.717) is 24.9 Å². The molecule has 1 aromatic carbocycles. The molecule has 3 fully saturated rings. The van der Waals surface area contributed by atoms with Crippen LogP contribution in [0.15, 0.2) is 42.7 Å². The van der Waals surface area contributed by atoms with Gasteiger partial charge in [0.05, 0.1) is 30.4 Å². The molecule has 196 valence electrons. The van der Waals surface area contributed by atoms with Crippen LogP contribution < -0.4 is 10.6 Å². The fourth-order valence-electron chi connectivity index (χ4n) is 5.34. The number of ether oxygens (including phenoxy) is 1. The summed E-state index contributed by atoms with van der Waals surface area (Å²) in [6.45, 7) is 5.10. The van der Waals surface area contributed by atoms with Gasteiger partial charge in [-0.15, -0.1) is 0 Å². The summed E-state index contributed by atoms with van der Waals surface area (Å²) in [6, 6.07) is 10.3. The lowest BCUT2D eigenvalue weighted by Gasteiger charge is -2.50. The number of aromatic nitrogens is 2. The van der Waals surface area contributed by atoms with E-state index in [-0.39, 0.29) is 17.4 Å². The normalized spacial score (nSPS) is 23.5. The van der Waals surface area contributed by atoms with Gasteiger partial charge in [-0.3, -0.25) is 9.69 Å². The first-order valence-electron chi connectivity index (χ1n) is 13.3. The van der Waals surface area contributed by atoms with Crippen molar-refractivity contribution in [1.29, 1.82) is 0 Å². The second-order valence-corrected chi connectivity index (χ2v) is 11.0. The minimum Gasteiger partial charge on any atom is -0.389 e. The maximum Gasteiger partial charge on any atom is 0.228 e. The number of pyridine rings is 2. The monoisotopic (exact) mass is 511 g/mol. The van der Waals surface area contributed by atoms with E-state index in [4.69, 9.17) is 4.74 Å². The lowest BCUT2D eigenvalue weighted by atomic mass is 9.84. The molecule has 2 atom stereocenters. The molecule has 3 aliphatic rings. The maximum atomic E-state index is 12.2. The third-order valence-electron chi connectivity index (χ3n) is 8.10. The molecule has 2 aliphatic heterocycles. The van der Waals surface area contributed by atoms with Crippen LogP contribution in [0.4, 0.5) is 11.6 Å². The van der Waals surface area contributed by atoms with Gasteiger partial charge < -0.3 is 20.5 Å². The van der Waals surface area contributed by atoms with E-state index in [1.165, 1.54) is 5.56 Å². The van der Waals surface area contributed by atoms with E-state index in [2.05, 4.69) is 68.5 Å². The molecule has 8 heteroatoms. The SMILES string of the molecule is CNc1ncc(C#Cc2ccc(CC3CN([C@]4(C)COC[C@@H]4O)C3)cc2)c2cc(NC(=O)C3CC3)ncc12. The van der Waals surface area contributed by atoms with Gasteiger partial charge in [0.25, 0.3) is 0 Å². The van der Waals surface area contributed by atoms with Crippen LogP contribution in [-0.4, -0.2) is 70.9 Å². The van der Waals surface area contributed by atoms with Gasteiger partial charge in [-0.2, -0.15) is 0 Å². The molecular formula is C30H33N5O3. The second kappa shape index (κ2) is 9.99. The standard InChI is InChI=1S/C30H33N5O3/c1-30(18-38-17-26(30)36)35-15-21(16-35)11-20-5-3-19(4-6-20)7-8-23-13-33-28(31-2)25-14-32-27(12-24(23)25)34-29(37)22-9-10-22/h3-6,12-14,21-22,26,36H,9-11,15-18H2,1-2H3,(H,31,33)(H,32,34,37)/t26-,30+/m0/s1.